The fraction of sp³-hybridized carbons (Fsp3) is 0.333. The van der Waals surface area contributed by atoms with E-state index in [1.54, 1.807) is 6.26 Å². The van der Waals surface area contributed by atoms with Gasteiger partial charge < -0.3 is 9.52 Å². The molecule has 0 aliphatic carbocycles. The van der Waals surface area contributed by atoms with Gasteiger partial charge >= 0.3 is 5.97 Å². The molecule has 0 bridgehead atoms. The van der Waals surface area contributed by atoms with Crippen molar-refractivity contribution in [2.45, 2.75) is 25.4 Å². The summed E-state index contributed by atoms with van der Waals surface area (Å²) in [5.41, 5.74) is 1.70. The highest BCUT2D eigenvalue weighted by Crippen LogP contribution is 2.22. The molecule has 0 radical (unpaired) electrons. The van der Waals surface area contributed by atoms with Crippen LogP contribution in [0.4, 0.5) is 0 Å². The quantitative estimate of drug-likeness (QED) is 0.925. The predicted octanol–water partition coefficient (Wildman–Crippen LogP) is 2.39. The standard InChI is InChI=1S/C15H16N2O3/c18-15(19)13-7-4-8-17(13)9-12-10-20-14(16-12)11-5-2-1-3-6-11/h1-3,5-6,10,13H,4,7-9H2,(H,18,19). The van der Waals surface area contributed by atoms with Crippen molar-refractivity contribution in [3.05, 3.63) is 42.3 Å². The van der Waals surface area contributed by atoms with Crippen LogP contribution >= 0.6 is 0 Å². The highest BCUT2D eigenvalue weighted by atomic mass is 16.4. The molecule has 1 aromatic carbocycles. The van der Waals surface area contributed by atoms with Gasteiger partial charge in [-0.15, -0.1) is 0 Å². The zero-order chi connectivity index (χ0) is 13.9. The fourth-order valence-corrected chi connectivity index (χ4v) is 2.60. The van der Waals surface area contributed by atoms with E-state index in [0.29, 0.717) is 18.9 Å². The Morgan fingerprint density at radius 1 is 1.40 bits per heavy atom. The van der Waals surface area contributed by atoms with Gasteiger partial charge in [-0.1, -0.05) is 18.2 Å². The van der Waals surface area contributed by atoms with Crippen LogP contribution in [-0.2, 0) is 11.3 Å². The van der Waals surface area contributed by atoms with Crippen molar-refractivity contribution in [1.82, 2.24) is 9.88 Å². The number of aliphatic carboxylic acids is 1. The SMILES string of the molecule is O=C(O)C1CCCN1Cc1coc(-c2ccccc2)n1. The Balaban J connectivity index is 1.73. The second-order valence-electron chi connectivity index (χ2n) is 4.98. The van der Waals surface area contributed by atoms with Crippen molar-refractivity contribution in [3.8, 4) is 11.5 Å². The van der Waals surface area contributed by atoms with Crippen LogP contribution in [0.15, 0.2) is 41.0 Å². The van der Waals surface area contributed by atoms with Gasteiger partial charge in [-0.25, -0.2) is 4.98 Å². The van der Waals surface area contributed by atoms with E-state index in [1.807, 2.05) is 35.2 Å². The summed E-state index contributed by atoms with van der Waals surface area (Å²) in [5.74, 6) is -0.180. The molecule has 1 aliphatic rings. The number of nitrogens with zero attached hydrogens (tertiary/aromatic N) is 2. The van der Waals surface area contributed by atoms with Crippen LogP contribution in [0, 0.1) is 0 Å². The van der Waals surface area contributed by atoms with Crippen molar-refractivity contribution in [2.24, 2.45) is 0 Å². The predicted molar refractivity (Wildman–Crippen MR) is 73.0 cm³/mol. The molecule has 0 saturated carbocycles. The summed E-state index contributed by atoms with van der Waals surface area (Å²) in [5, 5.41) is 9.16. The van der Waals surface area contributed by atoms with E-state index < -0.39 is 12.0 Å². The lowest BCUT2D eigenvalue weighted by Crippen LogP contribution is -2.35. The molecule has 2 aromatic rings. The molecule has 20 heavy (non-hydrogen) atoms. The van der Waals surface area contributed by atoms with Crippen LogP contribution in [0.3, 0.4) is 0 Å². The Morgan fingerprint density at radius 2 is 2.20 bits per heavy atom. The molecule has 1 aliphatic heterocycles. The van der Waals surface area contributed by atoms with Crippen molar-refractivity contribution in [3.63, 3.8) is 0 Å². The first-order chi connectivity index (χ1) is 9.74. The number of rotatable bonds is 4. The second kappa shape index (κ2) is 5.46. The van der Waals surface area contributed by atoms with Crippen molar-refractivity contribution < 1.29 is 14.3 Å². The highest BCUT2D eigenvalue weighted by Gasteiger charge is 2.30. The average molecular weight is 272 g/mol. The number of benzene rings is 1. The topological polar surface area (TPSA) is 66.6 Å². The molecule has 2 heterocycles. The van der Waals surface area contributed by atoms with Gasteiger partial charge in [0.2, 0.25) is 5.89 Å². The van der Waals surface area contributed by atoms with Gasteiger partial charge in [-0.3, -0.25) is 9.69 Å². The largest absolute Gasteiger partial charge is 0.480 e. The third-order valence-corrected chi connectivity index (χ3v) is 3.59. The third-order valence-electron chi connectivity index (χ3n) is 3.59. The van der Waals surface area contributed by atoms with Crippen molar-refractivity contribution >= 4 is 5.97 Å². The monoisotopic (exact) mass is 272 g/mol. The zero-order valence-electron chi connectivity index (χ0n) is 11.0. The summed E-state index contributed by atoms with van der Waals surface area (Å²) in [6.07, 6.45) is 3.23. The van der Waals surface area contributed by atoms with E-state index in [9.17, 15) is 4.79 Å². The normalized spacial score (nSPS) is 19.3. The lowest BCUT2D eigenvalue weighted by atomic mass is 10.2. The fourth-order valence-electron chi connectivity index (χ4n) is 2.60. The van der Waals surface area contributed by atoms with Gasteiger partial charge in [0.1, 0.15) is 12.3 Å². The minimum atomic E-state index is -0.755. The maximum Gasteiger partial charge on any atom is 0.320 e. The number of likely N-dealkylation sites (tertiary alicyclic amines) is 1. The lowest BCUT2D eigenvalue weighted by Gasteiger charge is -2.19. The minimum absolute atomic E-state index is 0.396. The molecule has 104 valence electrons. The van der Waals surface area contributed by atoms with Crippen LogP contribution in [0.1, 0.15) is 18.5 Å². The molecule has 0 spiro atoms. The average Bonchev–Trinajstić information content (AvgIpc) is 3.09. The maximum absolute atomic E-state index is 11.1. The summed E-state index contributed by atoms with van der Waals surface area (Å²) < 4.78 is 5.47. The van der Waals surface area contributed by atoms with Gasteiger partial charge in [0.05, 0.1) is 5.69 Å². The first-order valence-electron chi connectivity index (χ1n) is 6.71. The van der Waals surface area contributed by atoms with Gasteiger partial charge in [0.25, 0.3) is 0 Å². The van der Waals surface area contributed by atoms with E-state index in [-0.39, 0.29) is 0 Å². The Kier molecular flexibility index (Phi) is 3.52. The first-order valence-corrected chi connectivity index (χ1v) is 6.71. The van der Waals surface area contributed by atoms with Crippen molar-refractivity contribution in [2.75, 3.05) is 6.54 Å². The van der Waals surface area contributed by atoms with Crippen LogP contribution in [0.5, 0.6) is 0 Å². The summed E-state index contributed by atoms with van der Waals surface area (Å²) in [6, 6.07) is 9.28. The molecule has 1 saturated heterocycles. The van der Waals surface area contributed by atoms with Crippen LogP contribution in [-0.4, -0.2) is 33.5 Å². The van der Waals surface area contributed by atoms with Gasteiger partial charge in [-0.05, 0) is 31.5 Å². The molecule has 5 nitrogen and oxygen atoms in total. The lowest BCUT2D eigenvalue weighted by molar-refractivity contribution is -0.142. The summed E-state index contributed by atoms with van der Waals surface area (Å²) in [4.78, 5) is 17.5. The highest BCUT2D eigenvalue weighted by molar-refractivity contribution is 5.73. The van der Waals surface area contributed by atoms with Crippen molar-refractivity contribution in [1.29, 1.82) is 0 Å². The molecule has 1 fully saturated rings. The number of oxazole rings is 1. The van der Waals surface area contributed by atoms with Gasteiger partial charge in [0, 0.05) is 12.1 Å². The Labute approximate surface area is 116 Å². The Hall–Kier alpha value is -2.14. The molecule has 3 rings (SSSR count). The molecule has 1 aromatic heterocycles. The van der Waals surface area contributed by atoms with Crippen LogP contribution in [0.2, 0.25) is 0 Å². The molecule has 1 unspecified atom stereocenters. The smallest absolute Gasteiger partial charge is 0.320 e. The molecule has 1 atom stereocenters. The number of aromatic nitrogens is 1. The molecule has 0 amide bonds. The number of carboxylic acids is 1. The summed E-state index contributed by atoms with van der Waals surface area (Å²) >= 11 is 0. The number of carbonyl (C=O) groups is 1. The summed E-state index contributed by atoms with van der Waals surface area (Å²) in [7, 11) is 0. The number of hydrogen-bond acceptors (Lipinski definition) is 4. The zero-order valence-corrected chi connectivity index (χ0v) is 11.0. The number of hydrogen-bond donors (Lipinski definition) is 1. The first kappa shape index (κ1) is 12.9. The van der Waals surface area contributed by atoms with E-state index in [2.05, 4.69) is 4.98 Å². The maximum atomic E-state index is 11.1. The molecular formula is C15H16N2O3. The van der Waals surface area contributed by atoms with Gasteiger partial charge in [-0.2, -0.15) is 0 Å². The van der Waals surface area contributed by atoms with E-state index in [0.717, 1.165) is 24.2 Å². The molecule has 1 N–H and O–H groups in total. The van der Waals surface area contributed by atoms with E-state index in [1.165, 1.54) is 0 Å². The van der Waals surface area contributed by atoms with Crippen LogP contribution in [0.25, 0.3) is 11.5 Å². The Bertz CT molecular complexity index is 594. The minimum Gasteiger partial charge on any atom is -0.480 e. The van der Waals surface area contributed by atoms with E-state index >= 15 is 0 Å². The third kappa shape index (κ3) is 2.58. The van der Waals surface area contributed by atoms with E-state index in [4.69, 9.17) is 9.52 Å². The van der Waals surface area contributed by atoms with Crippen LogP contribution < -0.4 is 0 Å². The molecule has 5 heteroatoms. The second-order valence-corrected chi connectivity index (χ2v) is 4.98. The Morgan fingerprint density at radius 3 is 2.95 bits per heavy atom. The summed E-state index contributed by atoms with van der Waals surface area (Å²) in [6.45, 7) is 1.32. The number of carboxylic acid groups (broad SMARTS) is 1. The van der Waals surface area contributed by atoms with Gasteiger partial charge in [0.15, 0.2) is 0 Å². The molecular weight excluding hydrogens is 256 g/mol.